The number of hydrogen-bond donors (Lipinski definition) is 0. The van der Waals surface area contributed by atoms with Crippen molar-refractivity contribution in [1.82, 2.24) is 0 Å². The van der Waals surface area contributed by atoms with E-state index in [4.69, 9.17) is 21.1 Å². The van der Waals surface area contributed by atoms with Crippen LogP contribution in [-0.4, -0.2) is 25.7 Å². The Morgan fingerprint density at radius 3 is 2.83 bits per heavy atom. The van der Waals surface area contributed by atoms with E-state index in [1.54, 1.807) is 6.07 Å². The SMILES string of the molecule is CCOCCCOc1cc(F)cc(C#CCCl)c1. The molecule has 0 spiro atoms. The summed E-state index contributed by atoms with van der Waals surface area (Å²) in [6.45, 7) is 3.77. The zero-order chi connectivity index (χ0) is 13.2. The molecule has 4 heteroatoms. The highest BCUT2D eigenvalue weighted by Crippen LogP contribution is 2.16. The number of ether oxygens (including phenoxy) is 2. The minimum absolute atomic E-state index is 0.223. The number of hydrogen-bond acceptors (Lipinski definition) is 2. The van der Waals surface area contributed by atoms with Gasteiger partial charge in [0, 0.05) is 31.3 Å². The van der Waals surface area contributed by atoms with Crippen LogP contribution in [0.25, 0.3) is 0 Å². The highest BCUT2D eigenvalue weighted by molar-refractivity contribution is 6.19. The van der Waals surface area contributed by atoms with Crippen LogP contribution in [-0.2, 0) is 4.74 Å². The molecule has 0 bridgehead atoms. The third-order valence-corrected chi connectivity index (χ3v) is 2.21. The van der Waals surface area contributed by atoms with Crippen molar-refractivity contribution in [3.63, 3.8) is 0 Å². The normalized spacial score (nSPS) is 9.72. The predicted octanol–water partition coefficient (Wildman–Crippen LogP) is 3.22. The van der Waals surface area contributed by atoms with Crippen LogP contribution in [0, 0.1) is 17.7 Å². The van der Waals surface area contributed by atoms with Crippen LogP contribution in [0.4, 0.5) is 4.39 Å². The van der Waals surface area contributed by atoms with Gasteiger partial charge in [0.15, 0.2) is 0 Å². The summed E-state index contributed by atoms with van der Waals surface area (Å²) in [4.78, 5) is 0. The van der Waals surface area contributed by atoms with Crippen molar-refractivity contribution in [3.8, 4) is 17.6 Å². The highest BCUT2D eigenvalue weighted by Gasteiger charge is 2.00. The number of benzene rings is 1. The fourth-order valence-electron chi connectivity index (χ4n) is 1.35. The molecule has 0 radical (unpaired) electrons. The molecule has 0 unspecified atom stereocenters. The molecule has 0 aromatic heterocycles. The molecule has 0 saturated heterocycles. The lowest BCUT2D eigenvalue weighted by molar-refractivity contribution is 0.131. The summed E-state index contributed by atoms with van der Waals surface area (Å²) < 4.78 is 23.9. The summed E-state index contributed by atoms with van der Waals surface area (Å²) in [5.74, 6) is 5.77. The molecule has 1 aromatic carbocycles. The molecule has 0 aliphatic carbocycles. The Morgan fingerprint density at radius 2 is 2.11 bits per heavy atom. The molecule has 0 aliphatic heterocycles. The van der Waals surface area contributed by atoms with Gasteiger partial charge in [-0.25, -0.2) is 4.39 Å². The number of halogens is 2. The fourth-order valence-corrected chi connectivity index (χ4v) is 1.42. The van der Waals surface area contributed by atoms with Crippen LogP contribution in [0.15, 0.2) is 18.2 Å². The van der Waals surface area contributed by atoms with E-state index in [9.17, 15) is 4.39 Å². The molecule has 1 rings (SSSR count). The second-order valence-electron chi connectivity index (χ2n) is 3.51. The molecule has 1 aromatic rings. The lowest BCUT2D eigenvalue weighted by Gasteiger charge is -2.07. The van der Waals surface area contributed by atoms with E-state index < -0.39 is 0 Å². The zero-order valence-electron chi connectivity index (χ0n) is 10.3. The topological polar surface area (TPSA) is 18.5 Å². The van der Waals surface area contributed by atoms with Crippen LogP contribution in [0.5, 0.6) is 5.75 Å². The Labute approximate surface area is 112 Å². The molecule has 2 nitrogen and oxygen atoms in total. The summed E-state index contributed by atoms with van der Waals surface area (Å²) in [6, 6.07) is 4.39. The lowest BCUT2D eigenvalue weighted by atomic mass is 10.2. The van der Waals surface area contributed by atoms with Crippen LogP contribution < -0.4 is 4.74 Å². The molecular weight excluding hydrogens is 255 g/mol. The highest BCUT2D eigenvalue weighted by atomic mass is 35.5. The van der Waals surface area contributed by atoms with Gasteiger partial charge in [0.2, 0.25) is 0 Å². The summed E-state index contributed by atoms with van der Waals surface area (Å²) in [6.07, 6.45) is 0.771. The molecule has 0 N–H and O–H groups in total. The second-order valence-corrected chi connectivity index (χ2v) is 3.78. The molecule has 0 heterocycles. The van der Waals surface area contributed by atoms with Crippen molar-refractivity contribution in [3.05, 3.63) is 29.6 Å². The number of alkyl halides is 1. The minimum Gasteiger partial charge on any atom is -0.493 e. The first-order chi connectivity index (χ1) is 8.76. The van der Waals surface area contributed by atoms with E-state index in [1.807, 2.05) is 6.92 Å². The van der Waals surface area contributed by atoms with Crippen LogP contribution >= 0.6 is 11.6 Å². The van der Waals surface area contributed by atoms with E-state index in [-0.39, 0.29) is 11.7 Å². The molecule has 98 valence electrons. The Hall–Kier alpha value is -1.24. The summed E-state index contributed by atoms with van der Waals surface area (Å²) >= 11 is 5.45. The average molecular weight is 271 g/mol. The Morgan fingerprint density at radius 1 is 1.28 bits per heavy atom. The first-order valence-electron chi connectivity index (χ1n) is 5.82. The maximum absolute atomic E-state index is 13.3. The van der Waals surface area contributed by atoms with Gasteiger partial charge in [0.05, 0.1) is 12.5 Å². The lowest BCUT2D eigenvalue weighted by Crippen LogP contribution is -2.03. The van der Waals surface area contributed by atoms with Crippen LogP contribution in [0.2, 0.25) is 0 Å². The van der Waals surface area contributed by atoms with Gasteiger partial charge in [-0.1, -0.05) is 11.8 Å². The largest absolute Gasteiger partial charge is 0.493 e. The van der Waals surface area contributed by atoms with Gasteiger partial charge in [-0.2, -0.15) is 0 Å². The van der Waals surface area contributed by atoms with Gasteiger partial charge < -0.3 is 9.47 Å². The van der Waals surface area contributed by atoms with Crippen molar-refractivity contribution >= 4 is 11.6 Å². The minimum atomic E-state index is -0.365. The molecule has 0 atom stereocenters. The van der Waals surface area contributed by atoms with Crippen molar-refractivity contribution in [2.24, 2.45) is 0 Å². The molecule has 0 aliphatic rings. The fraction of sp³-hybridized carbons (Fsp3) is 0.429. The Bertz CT molecular complexity index is 424. The maximum Gasteiger partial charge on any atom is 0.128 e. The van der Waals surface area contributed by atoms with E-state index >= 15 is 0 Å². The molecule has 18 heavy (non-hydrogen) atoms. The van der Waals surface area contributed by atoms with Crippen molar-refractivity contribution in [2.75, 3.05) is 25.7 Å². The smallest absolute Gasteiger partial charge is 0.128 e. The standard InChI is InChI=1S/C14H16ClFO2/c1-2-17-7-4-8-18-14-10-12(5-3-6-15)9-13(16)11-14/h9-11H,2,4,6-8H2,1H3. The average Bonchev–Trinajstić information content (AvgIpc) is 2.35. The molecule has 0 amide bonds. The second kappa shape index (κ2) is 8.79. The monoisotopic (exact) mass is 270 g/mol. The van der Waals surface area contributed by atoms with Crippen molar-refractivity contribution < 1.29 is 13.9 Å². The van der Waals surface area contributed by atoms with Gasteiger partial charge in [0.1, 0.15) is 11.6 Å². The molecule has 0 fully saturated rings. The third kappa shape index (κ3) is 5.90. The van der Waals surface area contributed by atoms with Gasteiger partial charge in [0.25, 0.3) is 0 Å². The van der Waals surface area contributed by atoms with Crippen LogP contribution in [0.3, 0.4) is 0 Å². The van der Waals surface area contributed by atoms with Gasteiger partial charge >= 0.3 is 0 Å². The zero-order valence-corrected chi connectivity index (χ0v) is 11.1. The van der Waals surface area contributed by atoms with E-state index in [1.165, 1.54) is 12.1 Å². The van der Waals surface area contributed by atoms with E-state index in [0.29, 0.717) is 31.1 Å². The summed E-state index contributed by atoms with van der Waals surface area (Å²) in [5.41, 5.74) is 0.565. The molecule has 0 saturated carbocycles. The maximum atomic E-state index is 13.3. The van der Waals surface area contributed by atoms with E-state index in [2.05, 4.69) is 11.8 Å². The van der Waals surface area contributed by atoms with Crippen molar-refractivity contribution in [1.29, 1.82) is 0 Å². The van der Waals surface area contributed by atoms with Gasteiger partial charge in [-0.3, -0.25) is 0 Å². The Balaban J connectivity index is 2.52. The van der Waals surface area contributed by atoms with Gasteiger partial charge in [-0.15, -0.1) is 11.6 Å². The predicted molar refractivity (Wildman–Crippen MR) is 70.6 cm³/mol. The third-order valence-electron chi connectivity index (χ3n) is 2.08. The summed E-state index contributed by atoms with van der Waals surface area (Å²) in [7, 11) is 0. The van der Waals surface area contributed by atoms with Crippen LogP contribution in [0.1, 0.15) is 18.9 Å². The first-order valence-corrected chi connectivity index (χ1v) is 6.35. The first kappa shape index (κ1) is 14.8. The molecular formula is C14H16ClFO2. The number of rotatable bonds is 6. The summed E-state index contributed by atoms with van der Waals surface area (Å²) in [5, 5.41) is 0. The van der Waals surface area contributed by atoms with Crippen molar-refractivity contribution in [2.45, 2.75) is 13.3 Å². The van der Waals surface area contributed by atoms with Gasteiger partial charge in [-0.05, 0) is 19.1 Å². The quantitative estimate of drug-likeness (QED) is 0.449. The Kier molecular flexibility index (Phi) is 7.24. The van der Waals surface area contributed by atoms with E-state index in [0.717, 1.165) is 6.42 Å².